The molecule has 25 heavy (non-hydrogen) atoms. The number of amides is 1. The van der Waals surface area contributed by atoms with Crippen LogP contribution in [-0.4, -0.2) is 17.4 Å². The lowest BCUT2D eigenvalue weighted by Gasteiger charge is -2.08. The minimum atomic E-state index is -0.0774. The molecular formula is C21H20N2O2. The summed E-state index contributed by atoms with van der Waals surface area (Å²) in [5.74, 6) is 0.755. The van der Waals surface area contributed by atoms with E-state index in [2.05, 4.69) is 10.3 Å². The van der Waals surface area contributed by atoms with Gasteiger partial charge in [0.25, 0.3) is 5.91 Å². The third-order valence-electron chi connectivity index (χ3n) is 3.76. The highest BCUT2D eigenvalue weighted by molar-refractivity contribution is 5.94. The van der Waals surface area contributed by atoms with Crippen LogP contribution in [0.3, 0.4) is 0 Å². The molecule has 0 radical (unpaired) electrons. The van der Waals surface area contributed by atoms with Crippen LogP contribution in [0.15, 0.2) is 79.0 Å². The lowest BCUT2D eigenvalue weighted by molar-refractivity contribution is 0.0954. The molecule has 0 aliphatic rings. The van der Waals surface area contributed by atoms with Gasteiger partial charge in [-0.25, -0.2) is 0 Å². The van der Waals surface area contributed by atoms with Gasteiger partial charge in [-0.05, 0) is 42.0 Å². The molecule has 0 spiro atoms. The predicted molar refractivity (Wildman–Crippen MR) is 97.5 cm³/mol. The minimum Gasteiger partial charge on any atom is -0.489 e. The van der Waals surface area contributed by atoms with Gasteiger partial charge in [-0.3, -0.25) is 9.78 Å². The second-order valence-electron chi connectivity index (χ2n) is 5.63. The van der Waals surface area contributed by atoms with Gasteiger partial charge in [-0.15, -0.1) is 0 Å². The molecule has 1 amide bonds. The van der Waals surface area contributed by atoms with E-state index in [-0.39, 0.29) is 5.91 Å². The first kappa shape index (κ1) is 16.7. The van der Waals surface area contributed by atoms with E-state index in [1.807, 2.05) is 72.8 Å². The van der Waals surface area contributed by atoms with Crippen molar-refractivity contribution >= 4 is 5.91 Å². The fourth-order valence-electron chi connectivity index (χ4n) is 2.39. The van der Waals surface area contributed by atoms with Crippen molar-refractivity contribution in [2.24, 2.45) is 0 Å². The van der Waals surface area contributed by atoms with Gasteiger partial charge in [0.15, 0.2) is 0 Å². The van der Waals surface area contributed by atoms with Crippen LogP contribution in [-0.2, 0) is 13.0 Å². The molecule has 0 aliphatic heterocycles. The highest BCUT2D eigenvalue weighted by atomic mass is 16.5. The zero-order chi connectivity index (χ0) is 17.3. The molecule has 0 saturated carbocycles. The Kier molecular flexibility index (Phi) is 5.77. The van der Waals surface area contributed by atoms with Crippen LogP contribution in [0, 0.1) is 0 Å². The Labute approximate surface area is 147 Å². The Hall–Kier alpha value is -3.14. The van der Waals surface area contributed by atoms with Crippen molar-refractivity contribution in [2.75, 3.05) is 6.54 Å². The van der Waals surface area contributed by atoms with Crippen molar-refractivity contribution in [3.63, 3.8) is 0 Å². The van der Waals surface area contributed by atoms with Crippen molar-refractivity contribution in [2.45, 2.75) is 13.0 Å². The number of para-hydroxylation sites is 1. The number of benzene rings is 2. The predicted octanol–water partition coefficient (Wildman–Crippen LogP) is 3.63. The van der Waals surface area contributed by atoms with E-state index in [1.54, 1.807) is 6.20 Å². The number of nitrogens with zero attached hydrogens (tertiary/aromatic N) is 1. The summed E-state index contributed by atoms with van der Waals surface area (Å²) in [5, 5.41) is 2.91. The molecular weight excluding hydrogens is 312 g/mol. The van der Waals surface area contributed by atoms with Crippen molar-refractivity contribution in [3.05, 3.63) is 95.8 Å². The first-order chi connectivity index (χ1) is 12.3. The van der Waals surface area contributed by atoms with Gasteiger partial charge in [-0.2, -0.15) is 0 Å². The number of hydrogen-bond acceptors (Lipinski definition) is 3. The molecule has 4 nitrogen and oxygen atoms in total. The van der Waals surface area contributed by atoms with Crippen LogP contribution in [0.2, 0.25) is 0 Å². The van der Waals surface area contributed by atoms with Crippen LogP contribution in [0.25, 0.3) is 0 Å². The molecule has 0 fully saturated rings. The normalized spacial score (nSPS) is 10.2. The largest absolute Gasteiger partial charge is 0.489 e. The number of pyridine rings is 1. The van der Waals surface area contributed by atoms with E-state index in [1.165, 1.54) is 0 Å². The van der Waals surface area contributed by atoms with Crippen LogP contribution in [0.4, 0.5) is 0 Å². The van der Waals surface area contributed by atoms with Gasteiger partial charge in [0, 0.05) is 30.4 Å². The summed E-state index contributed by atoms with van der Waals surface area (Å²) in [6.45, 7) is 1.04. The fraction of sp³-hybridized carbons (Fsp3) is 0.143. The number of rotatable bonds is 7. The smallest absolute Gasteiger partial charge is 0.251 e. The molecule has 3 rings (SSSR count). The van der Waals surface area contributed by atoms with Crippen molar-refractivity contribution < 1.29 is 9.53 Å². The summed E-state index contributed by atoms with van der Waals surface area (Å²) >= 11 is 0. The SMILES string of the molecule is O=C(NCCc1ccccn1)c1ccc(COc2ccccc2)cc1. The average Bonchev–Trinajstić information content (AvgIpc) is 2.68. The Morgan fingerprint density at radius 3 is 2.40 bits per heavy atom. The van der Waals surface area contributed by atoms with Gasteiger partial charge in [0.05, 0.1) is 0 Å². The quantitative estimate of drug-likeness (QED) is 0.719. The summed E-state index contributed by atoms with van der Waals surface area (Å²) in [7, 11) is 0. The van der Waals surface area contributed by atoms with Crippen LogP contribution < -0.4 is 10.1 Å². The highest BCUT2D eigenvalue weighted by Gasteiger charge is 2.05. The molecule has 1 heterocycles. The third-order valence-corrected chi connectivity index (χ3v) is 3.76. The average molecular weight is 332 g/mol. The van der Waals surface area contributed by atoms with Gasteiger partial charge >= 0.3 is 0 Å². The molecule has 126 valence electrons. The monoisotopic (exact) mass is 332 g/mol. The number of ether oxygens (including phenoxy) is 1. The van der Waals surface area contributed by atoms with Crippen LogP contribution >= 0.6 is 0 Å². The third kappa shape index (κ3) is 5.18. The molecule has 0 aliphatic carbocycles. The Morgan fingerprint density at radius 2 is 1.68 bits per heavy atom. The molecule has 1 aromatic heterocycles. The molecule has 1 N–H and O–H groups in total. The Morgan fingerprint density at radius 1 is 0.920 bits per heavy atom. The Balaban J connectivity index is 1.47. The molecule has 3 aromatic rings. The molecule has 4 heteroatoms. The number of hydrogen-bond donors (Lipinski definition) is 1. The summed E-state index contributed by atoms with van der Waals surface area (Å²) in [4.78, 5) is 16.4. The van der Waals surface area contributed by atoms with E-state index in [0.29, 0.717) is 18.7 Å². The summed E-state index contributed by atoms with van der Waals surface area (Å²) in [5.41, 5.74) is 2.63. The number of carbonyl (C=O) groups excluding carboxylic acids is 1. The lowest BCUT2D eigenvalue weighted by atomic mass is 10.1. The van der Waals surface area contributed by atoms with E-state index >= 15 is 0 Å². The van der Waals surface area contributed by atoms with Gasteiger partial charge in [-0.1, -0.05) is 36.4 Å². The highest BCUT2D eigenvalue weighted by Crippen LogP contribution is 2.12. The first-order valence-corrected chi connectivity index (χ1v) is 8.26. The lowest BCUT2D eigenvalue weighted by Crippen LogP contribution is -2.25. The first-order valence-electron chi connectivity index (χ1n) is 8.26. The van der Waals surface area contributed by atoms with Crippen molar-refractivity contribution in [1.82, 2.24) is 10.3 Å². The molecule has 0 saturated heterocycles. The maximum Gasteiger partial charge on any atom is 0.251 e. The van der Waals surface area contributed by atoms with Crippen LogP contribution in [0.5, 0.6) is 5.75 Å². The molecule has 0 unspecified atom stereocenters. The fourth-order valence-corrected chi connectivity index (χ4v) is 2.39. The second kappa shape index (κ2) is 8.64. The number of nitrogens with one attached hydrogen (secondary N) is 1. The van der Waals surface area contributed by atoms with Gasteiger partial charge in [0.2, 0.25) is 0 Å². The van der Waals surface area contributed by atoms with E-state index in [9.17, 15) is 4.79 Å². The minimum absolute atomic E-state index is 0.0774. The Bertz CT molecular complexity index is 787. The van der Waals surface area contributed by atoms with E-state index < -0.39 is 0 Å². The molecule has 0 atom stereocenters. The van der Waals surface area contributed by atoms with E-state index in [0.717, 1.165) is 23.4 Å². The van der Waals surface area contributed by atoms with Crippen molar-refractivity contribution in [3.8, 4) is 5.75 Å². The number of carbonyl (C=O) groups is 1. The standard InChI is InChI=1S/C21H20N2O2/c24-21(23-15-13-19-6-4-5-14-22-19)18-11-9-17(10-12-18)16-25-20-7-2-1-3-8-20/h1-12,14H,13,15-16H2,(H,23,24). The number of aromatic nitrogens is 1. The van der Waals surface area contributed by atoms with E-state index in [4.69, 9.17) is 4.74 Å². The van der Waals surface area contributed by atoms with Gasteiger partial charge < -0.3 is 10.1 Å². The van der Waals surface area contributed by atoms with Crippen LogP contribution in [0.1, 0.15) is 21.6 Å². The molecule has 2 aromatic carbocycles. The maximum atomic E-state index is 12.2. The zero-order valence-corrected chi connectivity index (χ0v) is 13.9. The summed E-state index contributed by atoms with van der Waals surface area (Å²) in [6.07, 6.45) is 2.48. The van der Waals surface area contributed by atoms with Gasteiger partial charge in [0.1, 0.15) is 12.4 Å². The van der Waals surface area contributed by atoms with Crippen molar-refractivity contribution in [1.29, 1.82) is 0 Å². The summed E-state index contributed by atoms with van der Waals surface area (Å²) < 4.78 is 5.70. The second-order valence-corrected chi connectivity index (χ2v) is 5.63. The topological polar surface area (TPSA) is 51.2 Å². The zero-order valence-electron chi connectivity index (χ0n) is 13.9. The molecule has 0 bridgehead atoms. The summed E-state index contributed by atoms with van der Waals surface area (Å²) in [6, 6.07) is 22.9. The maximum absolute atomic E-state index is 12.2.